The van der Waals surface area contributed by atoms with E-state index in [1.54, 1.807) is 0 Å². The van der Waals surface area contributed by atoms with Crippen LogP contribution in [-0.4, -0.2) is 19.6 Å². The first-order valence-electron chi connectivity index (χ1n) is 4.07. The maximum atomic E-state index is 5.02. The predicted octanol–water partition coefficient (Wildman–Crippen LogP) is 1.03. The fourth-order valence-corrected chi connectivity index (χ4v) is 1.42. The second-order valence-electron chi connectivity index (χ2n) is 2.85. The maximum Gasteiger partial charge on any atom is 0.174 e. The molecule has 60 valence electrons. The number of allylic oxidation sites excluding steroid dienone is 1. The Balaban J connectivity index is 2.10. The van der Waals surface area contributed by atoms with E-state index in [0.717, 1.165) is 18.7 Å². The van der Waals surface area contributed by atoms with E-state index >= 15 is 0 Å². The summed E-state index contributed by atoms with van der Waals surface area (Å²) in [7, 11) is 0. The lowest BCUT2D eigenvalue weighted by atomic mass is 10.1. The van der Waals surface area contributed by atoms with Gasteiger partial charge in [-0.05, 0) is 19.3 Å². The van der Waals surface area contributed by atoms with Crippen molar-refractivity contribution in [1.29, 1.82) is 0 Å². The first-order valence-corrected chi connectivity index (χ1v) is 4.07. The summed E-state index contributed by atoms with van der Waals surface area (Å²) in [6.45, 7) is 1.75. The lowest BCUT2D eigenvalue weighted by Crippen LogP contribution is -2.21. The van der Waals surface area contributed by atoms with E-state index in [2.05, 4.69) is 10.3 Å². The molecule has 0 amide bonds. The molecule has 1 N–H and O–H groups in total. The summed E-state index contributed by atoms with van der Waals surface area (Å²) in [4.78, 5) is 4.13. The SMILES string of the molecule is C1=N/C(=C2\CCCCN2)CO1. The van der Waals surface area contributed by atoms with Gasteiger partial charge >= 0.3 is 0 Å². The van der Waals surface area contributed by atoms with Gasteiger partial charge in [-0.3, -0.25) is 0 Å². The number of aliphatic imine (C=N–C) groups is 1. The monoisotopic (exact) mass is 152 g/mol. The molecule has 11 heavy (non-hydrogen) atoms. The average Bonchev–Trinajstić information content (AvgIpc) is 2.58. The topological polar surface area (TPSA) is 33.6 Å². The molecule has 2 aliphatic heterocycles. The molecule has 0 unspecified atom stereocenters. The van der Waals surface area contributed by atoms with Gasteiger partial charge in [-0.1, -0.05) is 0 Å². The second kappa shape index (κ2) is 2.95. The normalized spacial score (nSPS) is 29.8. The van der Waals surface area contributed by atoms with Crippen molar-refractivity contribution >= 4 is 6.40 Å². The van der Waals surface area contributed by atoms with Gasteiger partial charge in [0.25, 0.3) is 0 Å². The number of hydrogen-bond acceptors (Lipinski definition) is 3. The Hall–Kier alpha value is -0.990. The first kappa shape index (κ1) is 6.70. The van der Waals surface area contributed by atoms with Crippen molar-refractivity contribution in [3.8, 4) is 0 Å². The Bertz CT molecular complexity index is 200. The Morgan fingerprint density at radius 3 is 3.09 bits per heavy atom. The van der Waals surface area contributed by atoms with Crippen LogP contribution in [-0.2, 0) is 4.74 Å². The Morgan fingerprint density at radius 1 is 1.45 bits per heavy atom. The summed E-state index contributed by atoms with van der Waals surface area (Å²) in [5.41, 5.74) is 2.37. The quantitative estimate of drug-likeness (QED) is 0.562. The highest BCUT2D eigenvalue weighted by molar-refractivity contribution is 5.53. The second-order valence-corrected chi connectivity index (χ2v) is 2.85. The number of nitrogens with zero attached hydrogens (tertiary/aromatic N) is 1. The Morgan fingerprint density at radius 2 is 2.45 bits per heavy atom. The van der Waals surface area contributed by atoms with Gasteiger partial charge in [0, 0.05) is 12.2 Å². The molecule has 0 saturated carbocycles. The van der Waals surface area contributed by atoms with Crippen LogP contribution in [0.4, 0.5) is 0 Å². The van der Waals surface area contributed by atoms with Crippen LogP contribution < -0.4 is 5.32 Å². The third-order valence-electron chi connectivity index (χ3n) is 2.04. The molecule has 2 aliphatic rings. The fraction of sp³-hybridized carbons (Fsp3) is 0.625. The Labute approximate surface area is 66.2 Å². The first-order chi connectivity index (χ1) is 5.47. The van der Waals surface area contributed by atoms with E-state index in [9.17, 15) is 0 Å². The average molecular weight is 152 g/mol. The minimum Gasteiger partial charge on any atom is -0.477 e. The van der Waals surface area contributed by atoms with Gasteiger partial charge in [0.1, 0.15) is 12.3 Å². The summed E-state index contributed by atoms with van der Waals surface area (Å²) >= 11 is 0. The predicted molar refractivity (Wildman–Crippen MR) is 43.3 cm³/mol. The highest BCUT2D eigenvalue weighted by Crippen LogP contribution is 2.17. The molecule has 0 atom stereocenters. The largest absolute Gasteiger partial charge is 0.477 e. The summed E-state index contributed by atoms with van der Waals surface area (Å²) in [6.07, 6.45) is 5.22. The molecule has 2 rings (SSSR count). The lowest BCUT2D eigenvalue weighted by molar-refractivity contribution is 0.374. The van der Waals surface area contributed by atoms with Crippen LogP contribution in [0.25, 0.3) is 0 Å². The standard InChI is InChI=1S/C8H12N2O/c1-2-4-9-7(3-1)8-5-11-6-10-8/h6,9H,1-5H2/b8-7+. The highest BCUT2D eigenvalue weighted by atomic mass is 16.5. The number of ether oxygens (including phenoxy) is 1. The number of rotatable bonds is 0. The van der Waals surface area contributed by atoms with Crippen LogP contribution in [0, 0.1) is 0 Å². The third-order valence-corrected chi connectivity index (χ3v) is 2.04. The third kappa shape index (κ3) is 1.37. The summed E-state index contributed by atoms with van der Waals surface area (Å²) in [6, 6.07) is 0. The van der Waals surface area contributed by atoms with Crippen LogP contribution in [0.15, 0.2) is 16.4 Å². The van der Waals surface area contributed by atoms with Crippen molar-refractivity contribution in [1.82, 2.24) is 5.32 Å². The van der Waals surface area contributed by atoms with Crippen molar-refractivity contribution in [3.05, 3.63) is 11.4 Å². The van der Waals surface area contributed by atoms with Gasteiger partial charge in [0.05, 0.1) is 0 Å². The van der Waals surface area contributed by atoms with E-state index < -0.39 is 0 Å². The molecule has 0 aromatic heterocycles. The van der Waals surface area contributed by atoms with Crippen LogP contribution >= 0.6 is 0 Å². The maximum absolute atomic E-state index is 5.02. The van der Waals surface area contributed by atoms with Gasteiger partial charge < -0.3 is 10.1 Å². The minimum absolute atomic E-state index is 0.655. The van der Waals surface area contributed by atoms with Crippen molar-refractivity contribution in [2.24, 2.45) is 4.99 Å². The number of nitrogens with one attached hydrogen (secondary N) is 1. The van der Waals surface area contributed by atoms with Crippen LogP contribution in [0.2, 0.25) is 0 Å². The smallest absolute Gasteiger partial charge is 0.174 e. The fourth-order valence-electron chi connectivity index (χ4n) is 1.42. The van der Waals surface area contributed by atoms with Gasteiger partial charge in [-0.2, -0.15) is 0 Å². The molecule has 0 radical (unpaired) electrons. The molecular formula is C8H12N2O. The molecule has 3 heteroatoms. The zero-order valence-corrected chi connectivity index (χ0v) is 6.47. The van der Waals surface area contributed by atoms with E-state index in [0.29, 0.717) is 6.61 Å². The Kier molecular flexibility index (Phi) is 1.79. The molecule has 0 aromatic carbocycles. The van der Waals surface area contributed by atoms with Crippen molar-refractivity contribution < 1.29 is 4.74 Å². The molecule has 0 bridgehead atoms. The van der Waals surface area contributed by atoms with E-state index in [1.165, 1.54) is 24.9 Å². The van der Waals surface area contributed by atoms with Crippen molar-refractivity contribution in [3.63, 3.8) is 0 Å². The summed E-state index contributed by atoms with van der Waals surface area (Å²) < 4.78 is 5.02. The molecule has 1 fully saturated rings. The molecule has 3 nitrogen and oxygen atoms in total. The molecule has 0 spiro atoms. The molecule has 0 aliphatic carbocycles. The van der Waals surface area contributed by atoms with Gasteiger partial charge in [0.2, 0.25) is 0 Å². The van der Waals surface area contributed by atoms with E-state index in [1.807, 2.05) is 0 Å². The summed E-state index contributed by atoms with van der Waals surface area (Å²) in [5, 5.41) is 3.35. The van der Waals surface area contributed by atoms with Crippen LogP contribution in [0.1, 0.15) is 19.3 Å². The van der Waals surface area contributed by atoms with Crippen molar-refractivity contribution in [2.75, 3.05) is 13.2 Å². The van der Waals surface area contributed by atoms with Crippen molar-refractivity contribution in [2.45, 2.75) is 19.3 Å². The van der Waals surface area contributed by atoms with E-state index in [-0.39, 0.29) is 0 Å². The number of hydrogen-bond donors (Lipinski definition) is 1. The number of piperidine rings is 1. The zero-order valence-electron chi connectivity index (χ0n) is 6.47. The van der Waals surface area contributed by atoms with Gasteiger partial charge in [0.15, 0.2) is 6.40 Å². The van der Waals surface area contributed by atoms with Crippen LogP contribution in [0.3, 0.4) is 0 Å². The molecular weight excluding hydrogens is 140 g/mol. The van der Waals surface area contributed by atoms with Gasteiger partial charge in [-0.15, -0.1) is 0 Å². The van der Waals surface area contributed by atoms with Gasteiger partial charge in [-0.25, -0.2) is 4.99 Å². The molecule has 0 aromatic rings. The summed E-state index contributed by atoms with van der Waals surface area (Å²) in [5.74, 6) is 0. The van der Waals surface area contributed by atoms with E-state index in [4.69, 9.17) is 4.74 Å². The highest BCUT2D eigenvalue weighted by Gasteiger charge is 2.12. The minimum atomic E-state index is 0.655. The lowest BCUT2D eigenvalue weighted by Gasteiger charge is -2.17. The van der Waals surface area contributed by atoms with Crippen LogP contribution in [0.5, 0.6) is 0 Å². The zero-order chi connectivity index (χ0) is 7.52. The molecule has 2 heterocycles. The molecule has 1 saturated heterocycles.